The van der Waals surface area contributed by atoms with Crippen molar-refractivity contribution in [2.24, 2.45) is 17.3 Å². The Hall–Kier alpha value is -0.590. The summed E-state index contributed by atoms with van der Waals surface area (Å²) in [6, 6.07) is 0. The van der Waals surface area contributed by atoms with Gasteiger partial charge in [0.2, 0.25) is 0 Å². The molecular formula is C12H16O. The van der Waals surface area contributed by atoms with Crippen molar-refractivity contribution in [2.75, 3.05) is 0 Å². The predicted molar refractivity (Wildman–Crippen MR) is 51.3 cm³/mol. The molecule has 2 saturated carbocycles. The van der Waals surface area contributed by atoms with E-state index in [-0.39, 0.29) is 0 Å². The summed E-state index contributed by atoms with van der Waals surface area (Å²) in [7, 11) is 0. The first-order valence-corrected chi connectivity index (χ1v) is 5.48. The van der Waals surface area contributed by atoms with Gasteiger partial charge in [-0.25, -0.2) is 0 Å². The SMILES string of the molecule is O=C1C[C@@]23CC=CC[C@H]2CC[C@@H]1C3. The van der Waals surface area contributed by atoms with E-state index < -0.39 is 0 Å². The van der Waals surface area contributed by atoms with Gasteiger partial charge >= 0.3 is 0 Å². The topological polar surface area (TPSA) is 17.1 Å². The van der Waals surface area contributed by atoms with Gasteiger partial charge in [0, 0.05) is 12.3 Å². The Labute approximate surface area is 79.2 Å². The number of rotatable bonds is 0. The molecule has 3 aliphatic carbocycles. The Morgan fingerprint density at radius 1 is 1.31 bits per heavy atom. The van der Waals surface area contributed by atoms with E-state index in [9.17, 15) is 4.79 Å². The molecule has 3 aliphatic rings. The van der Waals surface area contributed by atoms with Crippen molar-refractivity contribution in [1.29, 1.82) is 0 Å². The molecular weight excluding hydrogens is 160 g/mol. The first-order chi connectivity index (χ1) is 6.30. The highest BCUT2D eigenvalue weighted by atomic mass is 16.1. The number of fused-ring (bicyclic) bond motifs is 1. The van der Waals surface area contributed by atoms with Gasteiger partial charge in [-0.15, -0.1) is 0 Å². The van der Waals surface area contributed by atoms with Crippen LogP contribution >= 0.6 is 0 Å². The molecule has 3 rings (SSSR count). The Morgan fingerprint density at radius 3 is 3.15 bits per heavy atom. The summed E-state index contributed by atoms with van der Waals surface area (Å²) in [5.41, 5.74) is 0.425. The maximum absolute atomic E-state index is 11.7. The van der Waals surface area contributed by atoms with Gasteiger partial charge in [-0.2, -0.15) is 0 Å². The van der Waals surface area contributed by atoms with Gasteiger partial charge in [-0.3, -0.25) is 4.79 Å². The molecule has 1 nitrogen and oxygen atoms in total. The van der Waals surface area contributed by atoms with Gasteiger partial charge < -0.3 is 0 Å². The van der Waals surface area contributed by atoms with E-state index in [1.165, 1.54) is 32.1 Å². The molecule has 3 atom stereocenters. The standard InChI is InChI=1S/C12H16O/c13-11-8-12-6-2-1-3-10(12)5-4-9(11)7-12/h1-2,9-10H,3-8H2/t9-,10+,12+/m1/s1. The minimum absolute atomic E-state index is 0.425. The molecule has 0 heterocycles. The minimum Gasteiger partial charge on any atom is -0.299 e. The molecule has 0 aliphatic heterocycles. The van der Waals surface area contributed by atoms with Crippen LogP contribution in [0.3, 0.4) is 0 Å². The van der Waals surface area contributed by atoms with Crippen LogP contribution in [0.15, 0.2) is 12.2 Å². The molecule has 13 heavy (non-hydrogen) atoms. The molecule has 0 unspecified atom stereocenters. The van der Waals surface area contributed by atoms with Crippen molar-refractivity contribution < 1.29 is 4.79 Å². The molecule has 0 aromatic heterocycles. The quantitative estimate of drug-likeness (QED) is 0.519. The summed E-state index contributed by atoms with van der Waals surface area (Å²) < 4.78 is 0. The Morgan fingerprint density at radius 2 is 2.23 bits per heavy atom. The van der Waals surface area contributed by atoms with E-state index in [1.807, 2.05) is 0 Å². The second-order valence-electron chi connectivity index (χ2n) is 5.09. The number of hydrogen-bond acceptors (Lipinski definition) is 1. The Kier molecular flexibility index (Phi) is 1.47. The average Bonchev–Trinajstić information content (AvgIpc) is 2.38. The van der Waals surface area contributed by atoms with Crippen molar-refractivity contribution in [3.8, 4) is 0 Å². The predicted octanol–water partition coefficient (Wildman–Crippen LogP) is 2.71. The van der Waals surface area contributed by atoms with Crippen molar-refractivity contribution in [3.05, 3.63) is 12.2 Å². The average molecular weight is 176 g/mol. The number of Topliss-reactive ketones (excluding diaryl/α,β-unsaturated/α-hetero) is 1. The smallest absolute Gasteiger partial charge is 0.136 e. The Bertz CT molecular complexity index is 279. The minimum atomic E-state index is 0.425. The van der Waals surface area contributed by atoms with Crippen LogP contribution in [-0.2, 0) is 4.79 Å². The fourth-order valence-corrected chi connectivity index (χ4v) is 3.72. The second kappa shape index (κ2) is 2.46. The molecule has 0 radical (unpaired) electrons. The second-order valence-corrected chi connectivity index (χ2v) is 5.09. The van der Waals surface area contributed by atoms with Crippen LogP contribution < -0.4 is 0 Å². The fourth-order valence-electron chi connectivity index (χ4n) is 3.72. The van der Waals surface area contributed by atoms with Crippen molar-refractivity contribution >= 4 is 5.78 Å². The molecule has 0 aromatic rings. The summed E-state index contributed by atoms with van der Waals surface area (Å²) in [4.78, 5) is 11.7. The van der Waals surface area contributed by atoms with Gasteiger partial charge in [0.05, 0.1) is 0 Å². The van der Waals surface area contributed by atoms with Gasteiger partial charge in [0.25, 0.3) is 0 Å². The van der Waals surface area contributed by atoms with Crippen LogP contribution in [0.4, 0.5) is 0 Å². The molecule has 0 N–H and O–H groups in total. The van der Waals surface area contributed by atoms with Crippen LogP contribution in [-0.4, -0.2) is 5.78 Å². The van der Waals surface area contributed by atoms with Crippen LogP contribution in [0.5, 0.6) is 0 Å². The van der Waals surface area contributed by atoms with Crippen molar-refractivity contribution in [3.63, 3.8) is 0 Å². The lowest BCUT2D eigenvalue weighted by Gasteiger charge is -2.41. The fraction of sp³-hybridized carbons (Fsp3) is 0.750. The van der Waals surface area contributed by atoms with Crippen LogP contribution in [0.2, 0.25) is 0 Å². The third-order valence-corrected chi connectivity index (χ3v) is 4.48. The molecule has 2 fully saturated rings. The first-order valence-electron chi connectivity index (χ1n) is 5.48. The van der Waals surface area contributed by atoms with E-state index in [4.69, 9.17) is 0 Å². The zero-order valence-corrected chi connectivity index (χ0v) is 7.96. The van der Waals surface area contributed by atoms with Gasteiger partial charge in [-0.05, 0) is 43.4 Å². The first kappa shape index (κ1) is 7.78. The summed E-state index contributed by atoms with van der Waals surface area (Å²) in [5, 5.41) is 0. The molecule has 2 bridgehead atoms. The van der Waals surface area contributed by atoms with E-state index in [0.29, 0.717) is 17.1 Å². The maximum atomic E-state index is 11.7. The summed E-state index contributed by atoms with van der Waals surface area (Å²) in [6.07, 6.45) is 11.6. The van der Waals surface area contributed by atoms with Crippen LogP contribution in [0.1, 0.15) is 38.5 Å². The van der Waals surface area contributed by atoms with Crippen LogP contribution in [0, 0.1) is 17.3 Å². The van der Waals surface area contributed by atoms with Crippen molar-refractivity contribution in [2.45, 2.75) is 38.5 Å². The van der Waals surface area contributed by atoms with E-state index in [1.54, 1.807) is 0 Å². The highest BCUT2D eigenvalue weighted by molar-refractivity contribution is 5.84. The molecule has 1 heteroatoms. The normalized spacial score (nSPS) is 47.8. The largest absolute Gasteiger partial charge is 0.299 e. The lowest BCUT2D eigenvalue weighted by atomic mass is 9.63. The number of allylic oxidation sites excluding steroid dienone is 2. The van der Waals surface area contributed by atoms with Crippen molar-refractivity contribution in [1.82, 2.24) is 0 Å². The number of carbonyl (C=O) groups excluding carboxylic acids is 1. The molecule has 70 valence electrons. The number of carbonyl (C=O) groups is 1. The van der Waals surface area contributed by atoms with E-state index in [0.717, 1.165) is 12.3 Å². The third kappa shape index (κ3) is 0.962. The zero-order chi connectivity index (χ0) is 8.89. The Balaban J connectivity index is 1.98. The van der Waals surface area contributed by atoms with E-state index in [2.05, 4.69) is 12.2 Å². The van der Waals surface area contributed by atoms with E-state index >= 15 is 0 Å². The molecule has 0 saturated heterocycles. The molecule has 0 amide bonds. The monoisotopic (exact) mass is 176 g/mol. The summed E-state index contributed by atoms with van der Waals surface area (Å²) in [5.74, 6) is 1.85. The lowest BCUT2D eigenvalue weighted by molar-refractivity contribution is -0.120. The summed E-state index contributed by atoms with van der Waals surface area (Å²) in [6.45, 7) is 0. The van der Waals surface area contributed by atoms with Gasteiger partial charge in [0.1, 0.15) is 5.78 Å². The van der Waals surface area contributed by atoms with Gasteiger partial charge in [-0.1, -0.05) is 12.2 Å². The lowest BCUT2D eigenvalue weighted by Crippen LogP contribution is -2.32. The number of hydrogen-bond donors (Lipinski definition) is 0. The number of ketones is 1. The zero-order valence-electron chi connectivity index (χ0n) is 7.96. The van der Waals surface area contributed by atoms with Crippen LogP contribution in [0.25, 0.3) is 0 Å². The summed E-state index contributed by atoms with van der Waals surface area (Å²) >= 11 is 0. The molecule has 1 spiro atoms. The van der Waals surface area contributed by atoms with Gasteiger partial charge in [0.15, 0.2) is 0 Å². The third-order valence-electron chi connectivity index (χ3n) is 4.48. The molecule has 0 aromatic carbocycles. The maximum Gasteiger partial charge on any atom is 0.136 e. The highest BCUT2D eigenvalue weighted by Gasteiger charge is 2.51. The highest BCUT2D eigenvalue weighted by Crippen LogP contribution is 2.57.